The van der Waals surface area contributed by atoms with Crippen LogP contribution in [0.5, 0.6) is 11.5 Å². The van der Waals surface area contributed by atoms with Gasteiger partial charge in [-0.3, -0.25) is 0 Å². The van der Waals surface area contributed by atoms with Crippen molar-refractivity contribution >= 4 is 33.1 Å². The monoisotopic (exact) mass is 361 g/mol. The highest BCUT2D eigenvalue weighted by Crippen LogP contribution is 2.36. The maximum Gasteiger partial charge on any atom is 0.142 e. The van der Waals surface area contributed by atoms with Gasteiger partial charge in [-0.25, -0.2) is 0 Å². The summed E-state index contributed by atoms with van der Waals surface area (Å²) in [5, 5.41) is 9.94. The van der Waals surface area contributed by atoms with Crippen LogP contribution in [0, 0.1) is 18.3 Å². The minimum atomic E-state index is 0.513. The third-order valence-electron chi connectivity index (χ3n) is 2.92. The van der Waals surface area contributed by atoms with Crippen molar-refractivity contribution in [2.24, 2.45) is 0 Å². The van der Waals surface area contributed by atoms with Crippen LogP contribution < -0.4 is 4.74 Å². The van der Waals surface area contributed by atoms with E-state index in [4.69, 9.17) is 16.3 Å². The average molecular weight is 363 g/mol. The highest BCUT2D eigenvalue weighted by atomic mass is 79.9. The number of allylic oxidation sites excluding steroid dienone is 1. The molecule has 0 fully saturated rings. The van der Waals surface area contributed by atoms with Gasteiger partial charge in [-0.2, -0.15) is 5.26 Å². The zero-order chi connectivity index (χ0) is 15.6. The number of benzene rings is 2. The molecule has 0 unspecified atom stereocenters. The van der Waals surface area contributed by atoms with Crippen LogP contribution in [-0.4, -0.2) is 0 Å². The lowest BCUT2D eigenvalue weighted by Crippen LogP contribution is -1.93. The third kappa shape index (κ3) is 3.47. The maximum absolute atomic E-state index is 9.33. The fourth-order valence-corrected chi connectivity index (χ4v) is 2.78. The fraction of sp³-hybridized carbons (Fsp3) is 0.118. The van der Waals surface area contributed by atoms with Crippen molar-refractivity contribution < 1.29 is 4.74 Å². The molecule has 21 heavy (non-hydrogen) atoms. The molecule has 2 aromatic carbocycles. The van der Waals surface area contributed by atoms with Gasteiger partial charge in [0, 0.05) is 5.02 Å². The number of ether oxygens (including phenoxy) is 1. The van der Waals surface area contributed by atoms with E-state index in [1.54, 1.807) is 6.07 Å². The molecule has 0 amide bonds. The summed E-state index contributed by atoms with van der Waals surface area (Å²) in [5.74, 6) is 1.20. The van der Waals surface area contributed by atoms with Crippen molar-refractivity contribution in [3.8, 4) is 17.6 Å². The molecule has 0 N–H and O–H groups in total. The van der Waals surface area contributed by atoms with E-state index in [2.05, 4.69) is 28.6 Å². The molecule has 0 radical (unpaired) electrons. The molecule has 0 atom stereocenters. The molecular formula is C17H13BrClNO. The Morgan fingerprint density at radius 2 is 2.05 bits per heavy atom. The van der Waals surface area contributed by atoms with Gasteiger partial charge in [-0.15, -0.1) is 0 Å². The Hall–Kier alpha value is -1.76. The number of hydrogen-bond acceptors (Lipinski definition) is 2. The molecule has 4 heteroatoms. The quantitative estimate of drug-likeness (QED) is 0.660. The van der Waals surface area contributed by atoms with E-state index in [0.717, 1.165) is 16.7 Å². The van der Waals surface area contributed by atoms with Gasteiger partial charge in [-0.1, -0.05) is 18.2 Å². The molecule has 0 aliphatic carbocycles. The molecule has 2 rings (SSSR count). The summed E-state index contributed by atoms with van der Waals surface area (Å²) in [6.07, 6.45) is 0. The molecule has 0 aliphatic heterocycles. The minimum absolute atomic E-state index is 0.513. The summed E-state index contributed by atoms with van der Waals surface area (Å²) in [6, 6.07) is 11.3. The summed E-state index contributed by atoms with van der Waals surface area (Å²) in [6.45, 7) is 7.69. The van der Waals surface area contributed by atoms with E-state index in [1.807, 2.05) is 38.1 Å². The molecule has 0 aliphatic rings. The Balaban J connectivity index is 2.46. The standard InChI is InChI=1S/C17H13BrClNO/c1-10(2)14-4-5-16(17(18)15(14)9-20)21-13-7-11(3)6-12(19)8-13/h4-8H,1H2,2-3H3. The topological polar surface area (TPSA) is 33.0 Å². The number of aryl methyl sites for hydroxylation is 1. The summed E-state index contributed by atoms with van der Waals surface area (Å²) in [5.41, 5.74) is 3.16. The van der Waals surface area contributed by atoms with Crippen LogP contribution in [0.3, 0.4) is 0 Å². The van der Waals surface area contributed by atoms with Crippen LogP contribution in [0.4, 0.5) is 0 Å². The third-order valence-corrected chi connectivity index (χ3v) is 3.93. The SMILES string of the molecule is C=C(C)c1ccc(Oc2cc(C)cc(Cl)c2)c(Br)c1C#N. The Morgan fingerprint density at radius 3 is 2.62 bits per heavy atom. The van der Waals surface area contributed by atoms with Crippen LogP contribution >= 0.6 is 27.5 Å². The van der Waals surface area contributed by atoms with Crippen molar-refractivity contribution in [3.63, 3.8) is 0 Å². The summed E-state index contributed by atoms with van der Waals surface area (Å²) in [4.78, 5) is 0. The van der Waals surface area contributed by atoms with E-state index in [9.17, 15) is 5.26 Å². The maximum atomic E-state index is 9.33. The Morgan fingerprint density at radius 1 is 1.33 bits per heavy atom. The van der Waals surface area contributed by atoms with Gasteiger partial charge in [-0.05, 0) is 76.8 Å². The number of nitriles is 1. The molecule has 2 aromatic rings. The molecule has 0 aromatic heterocycles. The predicted molar refractivity (Wildman–Crippen MR) is 89.8 cm³/mol. The van der Waals surface area contributed by atoms with E-state index >= 15 is 0 Å². The molecule has 106 valence electrons. The summed E-state index contributed by atoms with van der Waals surface area (Å²) < 4.78 is 6.45. The summed E-state index contributed by atoms with van der Waals surface area (Å²) in [7, 11) is 0. The number of halogens is 2. The van der Waals surface area contributed by atoms with Crippen molar-refractivity contribution in [2.45, 2.75) is 13.8 Å². The molecule has 0 heterocycles. The first-order valence-electron chi connectivity index (χ1n) is 6.26. The van der Waals surface area contributed by atoms with Crippen LogP contribution in [0.1, 0.15) is 23.6 Å². The first-order valence-corrected chi connectivity index (χ1v) is 7.43. The first-order chi connectivity index (χ1) is 9.92. The number of rotatable bonds is 3. The van der Waals surface area contributed by atoms with Crippen LogP contribution in [0.15, 0.2) is 41.4 Å². The summed E-state index contributed by atoms with van der Waals surface area (Å²) >= 11 is 9.46. The molecule has 0 spiro atoms. The van der Waals surface area contributed by atoms with E-state index < -0.39 is 0 Å². The predicted octanol–water partition coefficient (Wildman–Crippen LogP) is 6.11. The first kappa shape index (κ1) is 15.6. The van der Waals surface area contributed by atoms with Gasteiger partial charge in [0.15, 0.2) is 0 Å². The zero-order valence-corrected chi connectivity index (χ0v) is 14.0. The molecule has 2 nitrogen and oxygen atoms in total. The highest BCUT2D eigenvalue weighted by molar-refractivity contribution is 9.10. The van der Waals surface area contributed by atoms with Gasteiger partial charge in [0.1, 0.15) is 17.6 Å². The average Bonchev–Trinajstić information content (AvgIpc) is 2.39. The lowest BCUT2D eigenvalue weighted by molar-refractivity contribution is 0.479. The van der Waals surface area contributed by atoms with E-state index in [-0.39, 0.29) is 0 Å². The van der Waals surface area contributed by atoms with Gasteiger partial charge in [0.05, 0.1) is 10.0 Å². The van der Waals surface area contributed by atoms with Crippen LogP contribution in [0.2, 0.25) is 5.02 Å². The lowest BCUT2D eigenvalue weighted by Gasteiger charge is -2.12. The second-order valence-corrected chi connectivity index (χ2v) is 5.99. The smallest absolute Gasteiger partial charge is 0.142 e. The molecular weight excluding hydrogens is 350 g/mol. The molecule has 0 saturated carbocycles. The second kappa shape index (κ2) is 6.34. The van der Waals surface area contributed by atoms with Crippen molar-refractivity contribution in [2.75, 3.05) is 0 Å². The Kier molecular flexibility index (Phi) is 4.72. The van der Waals surface area contributed by atoms with Gasteiger partial charge < -0.3 is 4.74 Å². The Labute approximate surface area is 137 Å². The lowest BCUT2D eigenvalue weighted by atomic mass is 10.0. The number of nitrogens with zero attached hydrogens (tertiary/aromatic N) is 1. The van der Waals surface area contributed by atoms with Gasteiger partial charge >= 0.3 is 0 Å². The fourth-order valence-electron chi connectivity index (χ4n) is 1.99. The minimum Gasteiger partial charge on any atom is -0.456 e. The molecule has 0 bridgehead atoms. The van der Waals surface area contributed by atoms with Crippen molar-refractivity contribution in [3.05, 3.63) is 63.1 Å². The van der Waals surface area contributed by atoms with Crippen molar-refractivity contribution in [1.82, 2.24) is 0 Å². The van der Waals surface area contributed by atoms with E-state index in [1.165, 1.54) is 0 Å². The highest BCUT2D eigenvalue weighted by Gasteiger charge is 2.13. The molecule has 0 saturated heterocycles. The number of hydrogen-bond donors (Lipinski definition) is 0. The zero-order valence-electron chi connectivity index (χ0n) is 11.7. The van der Waals surface area contributed by atoms with Gasteiger partial charge in [0.25, 0.3) is 0 Å². The second-order valence-electron chi connectivity index (χ2n) is 4.76. The van der Waals surface area contributed by atoms with Gasteiger partial charge in [0.2, 0.25) is 0 Å². The normalized spacial score (nSPS) is 10.0. The largest absolute Gasteiger partial charge is 0.456 e. The Bertz CT molecular complexity index is 742. The van der Waals surface area contributed by atoms with Crippen molar-refractivity contribution in [1.29, 1.82) is 5.26 Å². The van der Waals surface area contributed by atoms with Crippen LogP contribution in [0.25, 0.3) is 5.57 Å². The van der Waals surface area contributed by atoms with E-state index in [0.29, 0.717) is 26.6 Å². The van der Waals surface area contributed by atoms with Crippen LogP contribution in [-0.2, 0) is 0 Å².